The molecule has 0 saturated carbocycles. The highest BCUT2D eigenvalue weighted by molar-refractivity contribution is 7.89. The SMILES string of the molecule is CCN(CC)S(=O)(=O)c1ccc(C(C)NC(=O)NCC2CCCN(Cc3ccccc3)C2)cc1. The van der Waals surface area contributed by atoms with Crippen molar-refractivity contribution < 1.29 is 13.2 Å². The average Bonchev–Trinajstić information content (AvgIpc) is 2.84. The Bertz CT molecular complexity index is 1010. The first-order valence-corrected chi connectivity index (χ1v) is 13.7. The molecule has 0 bridgehead atoms. The first-order valence-electron chi connectivity index (χ1n) is 12.2. The van der Waals surface area contributed by atoms with Gasteiger partial charge in [-0.25, -0.2) is 13.2 Å². The van der Waals surface area contributed by atoms with Crippen LogP contribution in [0, 0.1) is 5.92 Å². The first-order chi connectivity index (χ1) is 16.3. The van der Waals surface area contributed by atoms with Gasteiger partial charge in [0.25, 0.3) is 0 Å². The third-order valence-electron chi connectivity index (χ3n) is 6.47. The van der Waals surface area contributed by atoms with Crippen LogP contribution in [0.2, 0.25) is 0 Å². The molecule has 7 nitrogen and oxygen atoms in total. The van der Waals surface area contributed by atoms with Crippen LogP contribution in [0.1, 0.15) is 50.8 Å². The number of nitrogens with one attached hydrogen (secondary N) is 2. The molecular formula is C26H38N4O3S. The molecule has 0 aliphatic carbocycles. The number of benzene rings is 2. The number of hydrogen-bond donors (Lipinski definition) is 2. The van der Waals surface area contributed by atoms with Gasteiger partial charge in [-0.3, -0.25) is 4.90 Å². The molecule has 0 spiro atoms. The Morgan fingerprint density at radius 1 is 1.09 bits per heavy atom. The van der Waals surface area contributed by atoms with Crippen LogP contribution in [0.4, 0.5) is 4.79 Å². The minimum Gasteiger partial charge on any atom is -0.338 e. The average molecular weight is 487 g/mol. The molecule has 1 saturated heterocycles. The number of carbonyl (C=O) groups excluding carboxylic acids is 1. The van der Waals surface area contributed by atoms with E-state index in [1.54, 1.807) is 24.3 Å². The van der Waals surface area contributed by atoms with Gasteiger partial charge in [0.05, 0.1) is 10.9 Å². The molecule has 1 heterocycles. The van der Waals surface area contributed by atoms with Gasteiger partial charge in [-0.15, -0.1) is 0 Å². The molecular weight excluding hydrogens is 448 g/mol. The number of amides is 2. The molecule has 3 rings (SSSR count). The molecule has 2 unspecified atom stereocenters. The number of carbonyl (C=O) groups is 1. The van der Waals surface area contributed by atoms with Crippen molar-refractivity contribution in [1.82, 2.24) is 19.8 Å². The monoisotopic (exact) mass is 486 g/mol. The van der Waals surface area contributed by atoms with Crippen LogP contribution in [-0.4, -0.2) is 56.4 Å². The predicted octanol–water partition coefficient (Wildman–Crippen LogP) is 3.99. The Hall–Kier alpha value is -2.42. The third kappa shape index (κ3) is 7.04. The Morgan fingerprint density at radius 2 is 1.76 bits per heavy atom. The standard InChI is InChI=1S/C26H38N4O3S/c1-4-30(5-2)34(32,33)25-15-13-24(14-16-25)21(3)28-26(31)27-18-23-12-9-17-29(20-23)19-22-10-7-6-8-11-22/h6-8,10-11,13-16,21,23H,4-5,9,12,17-20H2,1-3H3,(H2,27,28,31). The summed E-state index contributed by atoms with van der Waals surface area (Å²) >= 11 is 0. The maximum absolute atomic E-state index is 12.7. The van der Waals surface area contributed by atoms with Crippen LogP contribution in [0.5, 0.6) is 0 Å². The minimum absolute atomic E-state index is 0.201. The van der Waals surface area contributed by atoms with Gasteiger partial charge < -0.3 is 10.6 Å². The highest BCUT2D eigenvalue weighted by Gasteiger charge is 2.23. The van der Waals surface area contributed by atoms with Gasteiger partial charge in [0.15, 0.2) is 0 Å². The molecule has 2 amide bonds. The van der Waals surface area contributed by atoms with Gasteiger partial charge in [0, 0.05) is 32.7 Å². The lowest BCUT2D eigenvalue weighted by Crippen LogP contribution is -2.44. The fraction of sp³-hybridized carbons (Fsp3) is 0.500. The molecule has 2 atom stereocenters. The molecule has 186 valence electrons. The van der Waals surface area contributed by atoms with Crippen molar-refractivity contribution in [3.63, 3.8) is 0 Å². The van der Waals surface area contributed by atoms with Crippen LogP contribution < -0.4 is 10.6 Å². The number of likely N-dealkylation sites (tertiary alicyclic amines) is 1. The second-order valence-corrected chi connectivity index (χ2v) is 10.9. The topological polar surface area (TPSA) is 81.8 Å². The van der Waals surface area contributed by atoms with Crippen molar-refractivity contribution in [3.8, 4) is 0 Å². The van der Waals surface area contributed by atoms with Crippen molar-refractivity contribution in [2.45, 2.75) is 51.1 Å². The van der Waals surface area contributed by atoms with Gasteiger partial charge >= 0.3 is 6.03 Å². The molecule has 34 heavy (non-hydrogen) atoms. The summed E-state index contributed by atoms with van der Waals surface area (Å²) in [5.74, 6) is 0.433. The number of piperidine rings is 1. The Morgan fingerprint density at radius 3 is 2.41 bits per heavy atom. The summed E-state index contributed by atoms with van der Waals surface area (Å²) in [5.41, 5.74) is 2.18. The van der Waals surface area contributed by atoms with E-state index in [1.165, 1.54) is 9.87 Å². The zero-order chi connectivity index (χ0) is 24.6. The van der Waals surface area contributed by atoms with Gasteiger partial charge in [-0.1, -0.05) is 56.3 Å². The van der Waals surface area contributed by atoms with Crippen LogP contribution in [0.3, 0.4) is 0 Å². The predicted molar refractivity (Wildman–Crippen MR) is 136 cm³/mol. The van der Waals surface area contributed by atoms with E-state index in [4.69, 9.17) is 0 Å². The van der Waals surface area contributed by atoms with E-state index in [9.17, 15) is 13.2 Å². The lowest BCUT2D eigenvalue weighted by molar-refractivity contribution is 0.165. The van der Waals surface area contributed by atoms with E-state index in [1.807, 2.05) is 26.8 Å². The van der Waals surface area contributed by atoms with Crippen LogP contribution in [0.25, 0.3) is 0 Å². The highest BCUT2D eigenvalue weighted by Crippen LogP contribution is 2.20. The number of urea groups is 1. The van der Waals surface area contributed by atoms with Gasteiger partial charge in [-0.2, -0.15) is 4.31 Å². The number of hydrogen-bond acceptors (Lipinski definition) is 4. The van der Waals surface area contributed by atoms with Gasteiger partial charge in [0.2, 0.25) is 10.0 Å². The van der Waals surface area contributed by atoms with Crippen LogP contribution >= 0.6 is 0 Å². The van der Waals surface area contributed by atoms with Crippen molar-refractivity contribution in [2.75, 3.05) is 32.7 Å². The lowest BCUT2D eigenvalue weighted by Gasteiger charge is -2.33. The summed E-state index contributed by atoms with van der Waals surface area (Å²) < 4.78 is 26.7. The molecule has 2 aromatic rings. The lowest BCUT2D eigenvalue weighted by atomic mass is 9.97. The highest BCUT2D eigenvalue weighted by atomic mass is 32.2. The van der Waals surface area contributed by atoms with Crippen molar-refractivity contribution in [2.24, 2.45) is 5.92 Å². The summed E-state index contributed by atoms with van der Waals surface area (Å²) in [6.07, 6.45) is 2.25. The molecule has 0 aromatic heterocycles. The van der Waals surface area contributed by atoms with Gasteiger partial charge in [-0.05, 0) is 55.5 Å². The number of nitrogens with zero attached hydrogens (tertiary/aromatic N) is 2. The number of sulfonamides is 1. The molecule has 0 radical (unpaired) electrons. The molecule has 8 heteroatoms. The van der Waals surface area contributed by atoms with E-state index >= 15 is 0 Å². The van der Waals surface area contributed by atoms with Crippen LogP contribution in [0.15, 0.2) is 59.5 Å². The fourth-order valence-electron chi connectivity index (χ4n) is 4.51. The summed E-state index contributed by atoms with van der Waals surface area (Å²) in [6, 6.07) is 16.8. The van der Waals surface area contributed by atoms with E-state index in [-0.39, 0.29) is 17.0 Å². The normalized spacial score (nSPS) is 17.9. The molecule has 2 N–H and O–H groups in total. The van der Waals surface area contributed by atoms with Crippen molar-refractivity contribution in [3.05, 3.63) is 65.7 Å². The third-order valence-corrected chi connectivity index (χ3v) is 8.54. The molecule has 2 aromatic carbocycles. The second kappa shape index (κ2) is 12.3. The zero-order valence-electron chi connectivity index (χ0n) is 20.5. The Kier molecular flexibility index (Phi) is 9.50. The summed E-state index contributed by atoms with van der Waals surface area (Å²) in [4.78, 5) is 15.2. The summed E-state index contributed by atoms with van der Waals surface area (Å²) in [6.45, 7) is 10.1. The van der Waals surface area contributed by atoms with Crippen molar-refractivity contribution >= 4 is 16.1 Å². The van der Waals surface area contributed by atoms with E-state index in [2.05, 4.69) is 39.8 Å². The largest absolute Gasteiger partial charge is 0.338 e. The molecule has 1 aliphatic rings. The smallest absolute Gasteiger partial charge is 0.315 e. The van der Waals surface area contributed by atoms with Crippen LogP contribution in [-0.2, 0) is 16.6 Å². The number of rotatable bonds is 10. The zero-order valence-corrected chi connectivity index (χ0v) is 21.4. The van der Waals surface area contributed by atoms with Crippen molar-refractivity contribution in [1.29, 1.82) is 0 Å². The van der Waals surface area contributed by atoms with E-state index < -0.39 is 10.0 Å². The summed E-state index contributed by atoms with van der Waals surface area (Å²) in [5, 5.41) is 5.99. The fourth-order valence-corrected chi connectivity index (χ4v) is 5.97. The maximum Gasteiger partial charge on any atom is 0.315 e. The minimum atomic E-state index is -3.48. The molecule has 1 fully saturated rings. The first kappa shape index (κ1) is 26.2. The Balaban J connectivity index is 1.47. The quantitative estimate of drug-likeness (QED) is 0.532. The van der Waals surface area contributed by atoms with E-state index in [0.717, 1.165) is 38.0 Å². The maximum atomic E-state index is 12.7. The van der Waals surface area contributed by atoms with Gasteiger partial charge in [0.1, 0.15) is 0 Å². The summed E-state index contributed by atoms with van der Waals surface area (Å²) in [7, 11) is -3.48. The van der Waals surface area contributed by atoms with E-state index in [0.29, 0.717) is 25.6 Å². The molecule has 1 aliphatic heterocycles. The second-order valence-electron chi connectivity index (χ2n) is 8.96. The Labute approximate surface area is 204 Å².